The number of nitrogens with zero attached hydrogens (tertiary/aromatic N) is 3. The van der Waals surface area contributed by atoms with E-state index >= 15 is 0 Å². The number of carbonyl (C=O) groups is 1. The summed E-state index contributed by atoms with van der Waals surface area (Å²) in [5.41, 5.74) is 3.86. The van der Waals surface area contributed by atoms with Gasteiger partial charge in [-0.3, -0.25) is 9.48 Å². The van der Waals surface area contributed by atoms with E-state index in [9.17, 15) is 4.79 Å². The van der Waals surface area contributed by atoms with Gasteiger partial charge in [-0.2, -0.15) is 5.10 Å². The van der Waals surface area contributed by atoms with E-state index < -0.39 is 0 Å². The van der Waals surface area contributed by atoms with Crippen LogP contribution in [0.4, 0.5) is 0 Å². The Morgan fingerprint density at radius 1 is 1.30 bits per heavy atom. The van der Waals surface area contributed by atoms with Crippen molar-refractivity contribution in [2.75, 3.05) is 26.3 Å². The molecule has 2 aromatic rings. The number of morpholine rings is 1. The molecule has 0 radical (unpaired) electrons. The minimum atomic E-state index is 0.0738. The van der Waals surface area contributed by atoms with Crippen LogP contribution in [-0.2, 0) is 11.3 Å². The highest BCUT2D eigenvalue weighted by Crippen LogP contribution is 2.21. The van der Waals surface area contributed by atoms with Crippen molar-refractivity contribution in [2.45, 2.75) is 20.4 Å². The summed E-state index contributed by atoms with van der Waals surface area (Å²) in [6.07, 6.45) is 0. The minimum absolute atomic E-state index is 0.0738. The molecule has 1 aromatic carbocycles. The molecule has 1 aromatic heterocycles. The summed E-state index contributed by atoms with van der Waals surface area (Å²) < 4.78 is 8.30. The van der Waals surface area contributed by atoms with Crippen molar-refractivity contribution in [3.63, 3.8) is 0 Å². The predicted molar refractivity (Wildman–Crippen MR) is 91.7 cm³/mol. The normalized spacial score (nSPS) is 15.0. The third kappa shape index (κ3) is 3.48. The lowest BCUT2D eigenvalue weighted by molar-refractivity contribution is 0.0303. The molecule has 1 amide bonds. The molecular weight excluding hydrogens is 358 g/mol. The Morgan fingerprint density at radius 2 is 2.04 bits per heavy atom. The zero-order valence-corrected chi connectivity index (χ0v) is 15.0. The van der Waals surface area contributed by atoms with Gasteiger partial charge in [0.2, 0.25) is 0 Å². The summed E-state index contributed by atoms with van der Waals surface area (Å²) >= 11 is 3.55. The van der Waals surface area contributed by atoms with Gasteiger partial charge in [-0.25, -0.2) is 0 Å². The zero-order chi connectivity index (χ0) is 16.4. The molecule has 2 heterocycles. The number of carbonyl (C=O) groups excluding carboxylic acids is 1. The van der Waals surface area contributed by atoms with Crippen LogP contribution in [-0.4, -0.2) is 46.9 Å². The van der Waals surface area contributed by atoms with Crippen LogP contribution in [0.15, 0.2) is 28.7 Å². The third-order valence-electron chi connectivity index (χ3n) is 4.10. The molecule has 1 fully saturated rings. The summed E-state index contributed by atoms with van der Waals surface area (Å²) in [6.45, 7) is 7.22. The number of hydrogen-bond acceptors (Lipinski definition) is 3. The van der Waals surface area contributed by atoms with Gasteiger partial charge in [-0.1, -0.05) is 12.1 Å². The second kappa shape index (κ2) is 6.84. The maximum absolute atomic E-state index is 12.6. The largest absolute Gasteiger partial charge is 0.378 e. The number of halogens is 1. The first-order valence-corrected chi connectivity index (χ1v) is 8.51. The fourth-order valence-electron chi connectivity index (χ4n) is 2.75. The molecule has 122 valence electrons. The zero-order valence-electron chi connectivity index (χ0n) is 13.4. The van der Waals surface area contributed by atoms with E-state index in [1.807, 2.05) is 47.7 Å². The van der Waals surface area contributed by atoms with E-state index in [0.29, 0.717) is 32.8 Å². The molecule has 1 saturated heterocycles. The number of aromatic nitrogens is 2. The summed E-state index contributed by atoms with van der Waals surface area (Å²) in [5, 5.41) is 4.53. The summed E-state index contributed by atoms with van der Waals surface area (Å²) in [6, 6.07) is 7.80. The van der Waals surface area contributed by atoms with E-state index in [-0.39, 0.29) is 5.91 Å². The molecular formula is C17H20BrN3O2. The van der Waals surface area contributed by atoms with Gasteiger partial charge in [0.25, 0.3) is 5.91 Å². The average molecular weight is 378 g/mol. The summed E-state index contributed by atoms with van der Waals surface area (Å²) in [7, 11) is 0. The first-order valence-electron chi connectivity index (χ1n) is 7.71. The predicted octanol–water partition coefficient (Wildman–Crippen LogP) is 2.78. The molecule has 0 spiro atoms. The van der Waals surface area contributed by atoms with Crippen molar-refractivity contribution in [1.29, 1.82) is 0 Å². The Balaban J connectivity index is 1.79. The maximum atomic E-state index is 12.6. The van der Waals surface area contributed by atoms with Gasteiger partial charge < -0.3 is 9.64 Å². The Labute approximate surface area is 144 Å². The molecule has 0 aliphatic carbocycles. The molecule has 3 rings (SSSR count). The topological polar surface area (TPSA) is 47.4 Å². The second-order valence-electron chi connectivity index (χ2n) is 5.75. The molecule has 1 aliphatic rings. The molecule has 0 atom stereocenters. The molecule has 0 saturated carbocycles. The number of rotatable bonds is 3. The Hall–Kier alpha value is -1.66. The number of amides is 1. The van der Waals surface area contributed by atoms with Crippen LogP contribution in [0.2, 0.25) is 0 Å². The lowest BCUT2D eigenvalue weighted by Gasteiger charge is -2.27. The van der Waals surface area contributed by atoms with E-state index in [1.165, 1.54) is 0 Å². The molecule has 1 aliphatic heterocycles. The first kappa shape index (κ1) is 16.2. The van der Waals surface area contributed by atoms with Crippen LogP contribution in [0, 0.1) is 13.8 Å². The molecule has 5 nitrogen and oxygen atoms in total. The van der Waals surface area contributed by atoms with Crippen molar-refractivity contribution >= 4 is 21.8 Å². The Bertz CT molecular complexity index is 721. The highest BCUT2D eigenvalue weighted by molar-refractivity contribution is 9.10. The van der Waals surface area contributed by atoms with Gasteiger partial charge in [-0.05, 0) is 47.5 Å². The van der Waals surface area contributed by atoms with Crippen molar-refractivity contribution < 1.29 is 9.53 Å². The van der Waals surface area contributed by atoms with E-state index in [4.69, 9.17) is 4.74 Å². The van der Waals surface area contributed by atoms with Gasteiger partial charge in [-0.15, -0.1) is 0 Å². The first-order chi connectivity index (χ1) is 11.1. The number of aryl methyl sites for hydroxylation is 1. The van der Waals surface area contributed by atoms with Gasteiger partial charge in [0, 0.05) is 18.7 Å². The van der Waals surface area contributed by atoms with Crippen molar-refractivity contribution in [3.05, 3.63) is 51.3 Å². The van der Waals surface area contributed by atoms with Crippen LogP contribution in [0.5, 0.6) is 0 Å². The summed E-state index contributed by atoms with van der Waals surface area (Å²) in [4.78, 5) is 14.4. The quantitative estimate of drug-likeness (QED) is 0.825. The van der Waals surface area contributed by atoms with Crippen LogP contribution in [0.25, 0.3) is 0 Å². The Kier molecular flexibility index (Phi) is 4.82. The number of ether oxygens (including phenoxy) is 1. The van der Waals surface area contributed by atoms with E-state index in [1.54, 1.807) is 0 Å². The summed E-state index contributed by atoms with van der Waals surface area (Å²) in [5.74, 6) is 0.0738. The average Bonchev–Trinajstić information content (AvgIpc) is 2.82. The van der Waals surface area contributed by atoms with Gasteiger partial charge in [0.1, 0.15) is 0 Å². The number of benzene rings is 1. The standard InChI is InChI=1S/C17H20BrN3O2/c1-12-16(18)13(2)21(19-12)11-14-4-3-5-15(10-14)17(22)20-6-8-23-9-7-20/h3-5,10H,6-9,11H2,1-2H3. The monoisotopic (exact) mass is 377 g/mol. The van der Waals surface area contributed by atoms with E-state index in [2.05, 4.69) is 21.0 Å². The highest BCUT2D eigenvalue weighted by Gasteiger charge is 2.18. The van der Waals surface area contributed by atoms with Crippen molar-refractivity contribution in [1.82, 2.24) is 14.7 Å². The van der Waals surface area contributed by atoms with Crippen LogP contribution < -0.4 is 0 Å². The Morgan fingerprint density at radius 3 is 2.70 bits per heavy atom. The molecule has 23 heavy (non-hydrogen) atoms. The molecule has 6 heteroatoms. The highest BCUT2D eigenvalue weighted by atomic mass is 79.9. The SMILES string of the molecule is Cc1nn(Cc2cccc(C(=O)N3CCOCC3)c2)c(C)c1Br. The van der Waals surface area contributed by atoms with Gasteiger partial charge >= 0.3 is 0 Å². The van der Waals surface area contributed by atoms with E-state index in [0.717, 1.165) is 27.0 Å². The lowest BCUT2D eigenvalue weighted by atomic mass is 10.1. The van der Waals surface area contributed by atoms with Crippen LogP contribution in [0.1, 0.15) is 27.3 Å². The molecule has 0 unspecified atom stereocenters. The molecule has 0 N–H and O–H groups in total. The maximum Gasteiger partial charge on any atom is 0.254 e. The van der Waals surface area contributed by atoms with Gasteiger partial charge in [0.15, 0.2) is 0 Å². The fraction of sp³-hybridized carbons (Fsp3) is 0.412. The van der Waals surface area contributed by atoms with Crippen LogP contribution in [0.3, 0.4) is 0 Å². The van der Waals surface area contributed by atoms with Crippen LogP contribution >= 0.6 is 15.9 Å². The second-order valence-corrected chi connectivity index (χ2v) is 6.54. The van der Waals surface area contributed by atoms with Crippen molar-refractivity contribution in [3.8, 4) is 0 Å². The molecule has 0 bridgehead atoms. The minimum Gasteiger partial charge on any atom is -0.378 e. The van der Waals surface area contributed by atoms with Crippen molar-refractivity contribution in [2.24, 2.45) is 0 Å². The number of hydrogen-bond donors (Lipinski definition) is 0. The third-order valence-corrected chi connectivity index (χ3v) is 5.25. The smallest absolute Gasteiger partial charge is 0.254 e. The lowest BCUT2D eigenvalue weighted by Crippen LogP contribution is -2.40. The fourth-order valence-corrected chi connectivity index (χ4v) is 3.04. The van der Waals surface area contributed by atoms with Gasteiger partial charge in [0.05, 0.1) is 35.6 Å².